The van der Waals surface area contributed by atoms with Gasteiger partial charge in [0.1, 0.15) is 22.9 Å². The maximum atomic E-state index is 14.0. The molecule has 1 fully saturated rings. The van der Waals surface area contributed by atoms with Crippen molar-refractivity contribution in [1.82, 2.24) is 9.62 Å². The van der Waals surface area contributed by atoms with Gasteiger partial charge in [0, 0.05) is 32.1 Å². The highest BCUT2D eigenvalue weighted by molar-refractivity contribution is 7.89. The topological polar surface area (TPSA) is 84.9 Å². The Morgan fingerprint density at radius 3 is 2.44 bits per heavy atom. The van der Waals surface area contributed by atoms with Gasteiger partial charge in [0.05, 0.1) is 32.1 Å². The first-order valence-corrected chi connectivity index (χ1v) is 9.08. The van der Waals surface area contributed by atoms with Crippen molar-refractivity contribution in [3.8, 4) is 5.75 Å². The Morgan fingerprint density at radius 1 is 1.32 bits per heavy atom. The van der Waals surface area contributed by atoms with Gasteiger partial charge in [-0.15, -0.1) is 0 Å². The lowest BCUT2D eigenvalue weighted by Gasteiger charge is -2.21. The molecular weight excluding hydrogens is 358 g/mol. The van der Waals surface area contributed by atoms with Gasteiger partial charge in [-0.05, 0) is 0 Å². The molecule has 1 N–H and O–H groups in total. The average Bonchev–Trinajstić information content (AvgIpc) is 2.92. The van der Waals surface area contributed by atoms with Crippen molar-refractivity contribution >= 4 is 15.9 Å². The molecule has 1 aliphatic rings. The van der Waals surface area contributed by atoms with E-state index in [9.17, 15) is 22.0 Å². The van der Waals surface area contributed by atoms with Crippen molar-refractivity contribution in [2.45, 2.75) is 6.04 Å². The van der Waals surface area contributed by atoms with E-state index in [0.717, 1.165) is 16.4 Å². The zero-order valence-corrected chi connectivity index (χ0v) is 14.9. The molecular formula is C15H20F2N2O5S. The molecule has 2 rings (SSSR count). The standard InChI is InChI=1S/C15H20F2N2O5S/c1-19(2)25(21,22)8-9-6-24-7-13(9)18-15(20)14-11(16)4-10(23-3)5-12(14)17/h4-5,9,13H,6-8H2,1-3H3,(H,18,20)/t9-,13-/m0/s1. The summed E-state index contributed by atoms with van der Waals surface area (Å²) in [6.45, 7) is 0.199. The van der Waals surface area contributed by atoms with Gasteiger partial charge in [0.15, 0.2) is 0 Å². The summed E-state index contributed by atoms with van der Waals surface area (Å²) in [6.07, 6.45) is 0. The predicted octanol–water partition coefficient (Wildman–Crippen LogP) is 0.610. The maximum absolute atomic E-state index is 14.0. The molecule has 0 saturated carbocycles. The minimum absolute atomic E-state index is 0.0503. The molecule has 0 aliphatic carbocycles. The van der Waals surface area contributed by atoms with Crippen molar-refractivity contribution in [2.75, 3.05) is 40.2 Å². The van der Waals surface area contributed by atoms with Crippen molar-refractivity contribution in [2.24, 2.45) is 5.92 Å². The molecule has 1 amide bonds. The molecule has 0 spiro atoms. The number of methoxy groups -OCH3 is 1. The zero-order valence-electron chi connectivity index (χ0n) is 14.1. The quantitative estimate of drug-likeness (QED) is 0.784. The molecule has 10 heteroatoms. The second kappa shape index (κ2) is 7.63. The van der Waals surface area contributed by atoms with Crippen molar-refractivity contribution in [1.29, 1.82) is 0 Å². The van der Waals surface area contributed by atoms with Gasteiger partial charge in [-0.1, -0.05) is 0 Å². The summed E-state index contributed by atoms with van der Waals surface area (Å²) in [4.78, 5) is 12.2. The zero-order chi connectivity index (χ0) is 18.8. The van der Waals surface area contributed by atoms with E-state index in [1.54, 1.807) is 0 Å². The van der Waals surface area contributed by atoms with E-state index in [-0.39, 0.29) is 24.7 Å². The number of hydrogen-bond acceptors (Lipinski definition) is 5. The molecule has 0 radical (unpaired) electrons. The second-order valence-corrected chi connectivity index (χ2v) is 8.13. The molecule has 0 aromatic heterocycles. The molecule has 25 heavy (non-hydrogen) atoms. The van der Waals surface area contributed by atoms with E-state index in [1.165, 1.54) is 21.2 Å². The van der Waals surface area contributed by atoms with Gasteiger partial charge in [-0.3, -0.25) is 4.79 Å². The van der Waals surface area contributed by atoms with Gasteiger partial charge in [-0.2, -0.15) is 0 Å². The fraction of sp³-hybridized carbons (Fsp3) is 0.533. The number of carbonyl (C=O) groups excluding carboxylic acids is 1. The Hall–Kier alpha value is -1.78. The van der Waals surface area contributed by atoms with Crippen LogP contribution in [0.3, 0.4) is 0 Å². The summed E-state index contributed by atoms with van der Waals surface area (Å²) < 4.78 is 63.0. The predicted molar refractivity (Wildman–Crippen MR) is 85.9 cm³/mol. The van der Waals surface area contributed by atoms with Crippen LogP contribution in [0.25, 0.3) is 0 Å². The third-order valence-electron chi connectivity index (χ3n) is 3.97. The first-order valence-electron chi connectivity index (χ1n) is 7.47. The van der Waals surface area contributed by atoms with Crippen LogP contribution >= 0.6 is 0 Å². The van der Waals surface area contributed by atoms with E-state index in [2.05, 4.69) is 5.32 Å². The molecule has 1 aromatic rings. The first kappa shape index (κ1) is 19.5. The van der Waals surface area contributed by atoms with Crippen molar-refractivity contribution < 1.29 is 31.5 Å². The molecule has 7 nitrogen and oxygen atoms in total. The number of rotatable bonds is 6. The van der Waals surface area contributed by atoms with Crippen LogP contribution < -0.4 is 10.1 Å². The molecule has 2 atom stereocenters. The fourth-order valence-electron chi connectivity index (χ4n) is 2.47. The van der Waals surface area contributed by atoms with Gasteiger partial charge in [0.2, 0.25) is 10.0 Å². The Bertz CT molecular complexity index is 731. The van der Waals surface area contributed by atoms with Crippen molar-refractivity contribution in [3.05, 3.63) is 29.3 Å². The molecule has 1 aliphatic heterocycles. The number of benzene rings is 1. The molecule has 1 saturated heterocycles. The van der Waals surface area contributed by atoms with E-state index in [4.69, 9.17) is 9.47 Å². The minimum Gasteiger partial charge on any atom is -0.497 e. The fourth-order valence-corrected chi connectivity index (χ4v) is 3.63. The van der Waals surface area contributed by atoms with Crippen LogP contribution in [0.15, 0.2) is 12.1 Å². The number of sulfonamides is 1. The van der Waals surface area contributed by atoms with E-state index in [0.29, 0.717) is 0 Å². The highest BCUT2D eigenvalue weighted by atomic mass is 32.2. The number of ether oxygens (including phenoxy) is 2. The summed E-state index contributed by atoms with van der Waals surface area (Å²) in [7, 11) is 0.554. The van der Waals surface area contributed by atoms with E-state index < -0.39 is 45.1 Å². The number of nitrogens with one attached hydrogen (secondary N) is 1. The number of nitrogens with zero attached hydrogens (tertiary/aromatic N) is 1. The minimum atomic E-state index is -3.50. The lowest BCUT2D eigenvalue weighted by atomic mass is 10.1. The molecule has 0 unspecified atom stereocenters. The van der Waals surface area contributed by atoms with Crippen molar-refractivity contribution in [3.63, 3.8) is 0 Å². The highest BCUT2D eigenvalue weighted by Crippen LogP contribution is 2.22. The van der Waals surface area contributed by atoms with Crippen LogP contribution in [-0.2, 0) is 14.8 Å². The third-order valence-corrected chi connectivity index (χ3v) is 5.94. The number of hydrogen-bond donors (Lipinski definition) is 1. The summed E-state index contributed by atoms with van der Waals surface area (Å²) in [6, 6.07) is 1.14. The second-order valence-electron chi connectivity index (χ2n) is 5.90. The Kier molecular flexibility index (Phi) is 5.96. The smallest absolute Gasteiger partial charge is 0.257 e. The van der Waals surface area contributed by atoms with Crippen LogP contribution in [0.5, 0.6) is 5.75 Å². The summed E-state index contributed by atoms with van der Waals surface area (Å²) in [5.74, 6) is -3.90. The van der Waals surface area contributed by atoms with E-state index in [1.807, 2.05) is 0 Å². The molecule has 1 aromatic carbocycles. The molecule has 140 valence electrons. The lowest BCUT2D eigenvalue weighted by molar-refractivity contribution is 0.0917. The third kappa shape index (κ3) is 4.44. The Balaban J connectivity index is 2.15. The number of carbonyl (C=O) groups is 1. The van der Waals surface area contributed by atoms with Crippen LogP contribution in [0.1, 0.15) is 10.4 Å². The van der Waals surface area contributed by atoms with Crippen LogP contribution in [0.4, 0.5) is 8.78 Å². The summed E-state index contributed by atoms with van der Waals surface area (Å²) in [5, 5.41) is 2.46. The number of halogens is 2. The first-order chi connectivity index (χ1) is 11.7. The largest absolute Gasteiger partial charge is 0.497 e. The number of amides is 1. The Morgan fingerprint density at radius 2 is 1.92 bits per heavy atom. The average molecular weight is 378 g/mol. The highest BCUT2D eigenvalue weighted by Gasteiger charge is 2.35. The summed E-state index contributed by atoms with van der Waals surface area (Å²) >= 11 is 0. The van der Waals surface area contributed by atoms with Crippen LogP contribution in [0.2, 0.25) is 0 Å². The van der Waals surface area contributed by atoms with Crippen LogP contribution in [0, 0.1) is 17.6 Å². The molecule has 1 heterocycles. The van der Waals surface area contributed by atoms with Gasteiger partial charge in [-0.25, -0.2) is 21.5 Å². The normalized spacial score (nSPS) is 20.7. The van der Waals surface area contributed by atoms with Gasteiger partial charge >= 0.3 is 0 Å². The van der Waals surface area contributed by atoms with Crippen LogP contribution in [-0.4, -0.2) is 64.8 Å². The SMILES string of the molecule is COc1cc(F)c(C(=O)N[C@H]2COC[C@H]2CS(=O)(=O)N(C)C)c(F)c1. The van der Waals surface area contributed by atoms with Gasteiger partial charge < -0.3 is 14.8 Å². The Labute approximate surface area is 145 Å². The monoisotopic (exact) mass is 378 g/mol. The lowest BCUT2D eigenvalue weighted by Crippen LogP contribution is -2.44. The van der Waals surface area contributed by atoms with Gasteiger partial charge in [0.25, 0.3) is 5.91 Å². The summed E-state index contributed by atoms with van der Waals surface area (Å²) in [5.41, 5.74) is -0.748. The van der Waals surface area contributed by atoms with E-state index >= 15 is 0 Å². The maximum Gasteiger partial charge on any atom is 0.257 e. The molecule has 0 bridgehead atoms.